The number of methoxy groups -OCH3 is 3. The molecule has 0 aliphatic heterocycles. The van der Waals surface area contributed by atoms with Gasteiger partial charge in [-0.25, -0.2) is 8.42 Å². The van der Waals surface area contributed by atoms with Crippen molar-refractivity contribution >= 4 is 27.5 Å². The summed E-state index contributed by atoms with van der Waals surface area (Å²) in [6, 6.07) is 11.2. The van der Waals surface area contributed by atoms with Crippen molar-refractivity contribution in [1.82, 2.24) is 10.2 Å². The molecule has 1 fully saturated rings. The second-order valence-corrected chi connectivity index (χ2v) is 11.5. The van der Waals surface area contributed by atoms with E-state index in [1.54, 1.807) is 37.4 Å². The molecule has 11 heteroatoms. The number of carbonyl (C=O) groups is 2. The Morgan fingerprint density at radius 1 is 1.00 bits per heavy atom. The molecule has 10 nitrogen and oxygen atoms in total. The van der Waals surface area contributed by atoms with Gasteiger partial charge in [0.1, 0.15) is 29.8 Å². The van der Waals surface area contributed by atoms with Gasteiger partial charge in [0.2, 0.25) is 21.8 Å². The minimum atomic E-state index is -3.91. The third kappa shape index (κ3) is 7.78. The molecule has 0 spiro atoms. The maximum Gasteiger partial charge on any atom is 0.244 e. The van der Waals surface area contributed by atoms with Gasteiger partial charge in [-0.3, -0.25) is 13.9 Å². The molecule has 2 aromatic carbocycles. The van der Waals surface area contributed by atoms with Crippen LogP contribution in [0.2, 0.25) is 0 Å². The van der Waals surface area contributed by atoms with Gasteiger partial charge in [0, 0.05) is 18.7 Å². The summed E-state index contributed by atoms with van der Waals surface area (Å²) in [4.78, 5) is 28.8. The normalized spacial score (nSPS) is 14.4. The molecule has 2 amide bonds. The van der Waals surface area contributed by atoms with Crippen LogP contribution in [0.25, 0.3) is 0 Å². The van der Waals surface area contributed by atoms with E-state index in [1.165, 1.54) is 25.2 Å². The third-order valence-corrected chi connectivity index (χ3v) is 8.04. The Kier molecular flexibility index (Phi) is 10.4. The van der Waals surface area contributed by atoms with Crippen molar-refractivity contribution in [1.29, 1.82) is 0 Å². The summed E-state index contributed by atoms with van der Waals surface area (Å²) in [5.41, 5.74) is 0.946. The summed E-state index contributed by atoms with van der Waals surface area (Å²) in [5, 5.41) is 3.10. The molecule has 0 radical (unpaired) electrons. The van der Waals surface area contributed by atoms with E-state index < -0.39 is 28.5 Å². The molecule has 39 heavy (non-hydrogen) atoms. The SMILES string of the molecule is CCC(C(=O)NC1CCCC1)N(Cc1cccc(OC)c1)C(=O)CN(c1ccc(OC)cc1OC)S(C)(=O)=O. The van der Waals surface area contributed by atoms with Gasteiger partial charge in [-0.15, -0.1) is 0 Å². The van der Waals surface area contributed by atoms with E-state index in [0.717, 1.165) is 41.8 Å². The minimum absolute atomic E-state index is 0.0800. The molecule has 0 heterocycles. The molecular formula is C28H39N3O7S. The number of amides is 2. The van der Waals surface area contributed by atoms with Gasteiger partial charge in [-0.2, -0.15) is 0 Å². The molecule has 1 atom stereocenters. The maximum absolute atomic E-state index is 13.9. The zero-order valence-electron chi connectivity index (χ0n) is 23.3. The fourth-order valence-corrected chi connectivity index (χ4v) is 5.69. The molecule has 0 saturated heterocycles. The molecule has 1 saturated carbocycles. The fraction of sp³-hybridized carbons (Fsp3) is 0.500. The highest BCUT2D eigenvalue weighted by molar-refractivity contribution is 7.92. The highest BCUT2D eigenvalue weighted by Crippen LogP contribution is 2.34. The lowest BCUT2D eigenvalue weighted by Crippen LogP contribution is -2.53. The van der Waals surface area contributed by atoms with E-state index in [2.05, 4.69) is 5.32 Å². The van der Waals surface area contributed by atoms with Crippen LogP contribution < -0.4 is 23.8 Å². The number of benzene rings is 2. The van der Waals surface area contributed by atoms with E-state index in [0.29, 0.717) is 17.9 Å². The van der Waals surface area contributed by atoms with E-state index >= 15 is 0 Å². The number of nitrogens with one attached hydrogen (secondary N) is 1. The number of carbonyl (C=O) groups excluding carboxylic acids is 2. The Labute approximate surface area is 231 Å². The maximum atomic E-state index is 13.9. The van der Waals surface area contributed by atoms with Crippen molar-refractivity contribution in [2.24, 2.45) is 0 Å². The van der Waals surface area contributed by atoms with Crippen LogP contribution in [0, 0.1) is 0 Å². The van der Waals surface area contributed by atoms with Crippen LogP contribution in [0.1, 0.15) is 44.6 Å². The van der Waals surface area contributed by atoms with Crippen molar-refractivity contribution < 1.29 is 32.2 Å². The number of hydrogen-bond donors (Lipinski definition) is 1. The van der Waals surface area contributed by atoms with Crippen molar-refractivity contribution in [2.45, 2.75) is 57.7 Å². The van der Waals surface area contributed by atoms with Crippen molar-refractivity contribution in [2.75, 3.05) is 38.4 Å². The van der Waals surface area contributed by atoms with E-state index in [1.807, 2.05) is 13.0 Å². The second kappa shape index (κ2) is 13.5. The average Bonchev–Trinajstić information content (AvgIpc) is 3.43. The first-order valence-electron chi connectivity index (χ1n) is 13.0. The van der Waals surface area contributed by atoms with Crippen LogP contribution >= 0.6 is 0 Å². The molecule has 2 aromatic rings. The molecule has 1 aliphatic rings. The lowest BCUT2D eigenvalue weighted by atomic mass is 10.1. The zero-order valence-corrected chi connectivity index (χ0v) is 24.1. The van der Waals surface area contributed by atoms with Crippen LogP contribution in [0.4, 0.5) is 5.69 Å². The molecule has 214 valence electrons. The number of sulfonamides is 1. The number of nitrogens with zero attached hydrogens (tertiary/aromatic N) is 2. The highest BCUT2D eigenvalue weighted by atomic mass is 32.2. The highest BCUT2D eigenvalue weighted by Gasteiger charge is 2.33. The van der Waals surface area contributed by atoms with Crippen LogP contribution in [-0.4, -0.2) is 71.3 Å². The van der Waals surface area contributed by atoms with E-state index in [4.69, 9.17) is 14.2 Å². The summed E-state index contributed by atoms with van der Waals surface area (Å²) < 4.78 is 42.8. The van der Waals surface area contributed by atoms with Gasteiger partial charge in [0.05, 0.1) is 33.3 Å². The van der Waals surface area contributed by atoms with Crippen LogP contribution in [-0.2, 0) is 26.2 Å². The molecule has 1 aliphatic carbocycles. The summed E-state index contributed by atoms with van der Waals surface area (Å²) in [6.07, 6.45) is 5.32. The first-order chi connectivity index (χ1) is 18.6. The van der Waals surface area contributed by atoms with Gasteiger partial charge in [-0.1, -0.05) is 31.9 Å². The Morgan fingerprint density at radius 2 is 1.67 bits per heavy atom. The van der Waals surface area contributed by atoms with Crippen molar-refractivity contribution in [3.05, 3.63) is 48.0 Å². The predicted molar refractivity (Wildman–Crippen MR) is 150 cm³/mol. The molecule has 1 N–H and O–H groups in total. The summed E-state index contributed by atoms with van der Waals surface area (Å²) in [6.45, 7) is 1.42. The topological polar surface area (TPSA) is 114 Å². The van der Waals surface area contributed by atoms with Crippen molar-refractivity contribution in [3.8, 4) is 17.2 Å². The Balaban J connectivity index is 1.98. The largest absolute Gasteiger partial charge is 0.497 e. The molecule has 1 unspecified atom stereocenters. The summed E-state index contributed by atoms with van der Waals surface area (Å²) in [7, 11) is 0.548. The standard InChI is InChI=1S/C28H39N3O7S/c1-6-24(28(33)29-21-11-7-8-12-21)30(18-20-10-9-13-22(16-20)36-2)27(32)19-31(39(5,34)35)25-15-14-23(37-3)17-26(25)38-4/h9-10,13-17,21,24H,6-8,11-12,18-19H2,1-5H3,(H,29,33). The van der Waals surface area contributed by atoms with Crippen LogP contribution in [0.3, 0.4) is 0 Å². The minimum Gasteiger partial charge on any atom is -0.497 e. The van der Waals surface area contributed by atoms with E-state index in [9.17, 15) is 18.0 Å². The van der Waals surface area contributed by atoms with E-state index in [-0.39, 0.29) is 29.9 Å². The quantitative estimate of drug-likeness (QED) is 0.399. The second-order valence-electron chi connectivity index (χ2n) is 9.59. The number of ether oxygens (including phenoxy) is 3. The van der Waals surface area contributed by atoms with Gasteiger partial charge in [-0.05, 0) is 49.1 Å². The fourth-order valence-electron chi connectivity index (χ4n) is 4.84. The first-order valence-corrected chi connectivity index (χ1v) is 14.9. The monoisotopic (exact) mass is 561 g/mol. The van der Waals surface area contributed by atoms with Crippen molar-refractivity contribution in [3.63, 3.8) is 0 Å². The number of anilines is 1. The number of hydrogen-bond acceptors (Lipinski definition) is 7. The Morgan fingerprint density at radius 3 is 2.26 bits per heavy atom. The van der Waals surface area contributed by atoms with Gasteiger partial charge in [0.25, 0.3) is 0 Å². The lowest BCUT2D eigenvalue weighted by Gasteiger charge is -2.33. The van der Waals surface area contributed by atoms with Gasteiger partial charge in [0.15, 0.2) is 0 Å². The van der Waals surface area contributed by atoms with Crippen LogP contribution in [0.15, 0.2) is 42.5 Å². The zero-order chi connectivity index (χ0) is 28.6. The van der Waals surface area contributed by atoms with Crippen LogP contribution in [0.5, 0.6) is 17.2 Å². The summed E-state index contributed by atoms with van der Waals surface area (Å²) >= 11 is 0. The molecular weight excluding hydrogens is 522 g/mol. The molecule has 3 rings (SSSR count). The Hall–Kier alpha value is -3.47. The number of rotatable bonds is 13. The lowest BCUT2D eigenvalue weighted by molar-refractivity contribution is -0.140. The Bertz CT molecular complexity index is 1250. The smallest absolute Gasteiger partial charge is 0.244 e. The summed E-state index contributed by atoms with van der Waals surface area (Å²) in [5.74, 6) is 0.565. The van der Waals surface area contributed by atoms with Gasteiger partial charge < -0.3 is 24.4 Å². The average molecular weight is 562 g/mol. The van der Waals surface area contributed by atoms with Gasteiger partial charge >= 0.3 is 0 Å². The first kappa shape index (κ1) is 30.1. The molecule has 0 bridgehead atoms. The molecule has 0 aromatic heterocycles. The third-order valence-electron chi connectivity index (χ3n) is 6.91. The predicted octanol–water partition coefficient (Wildman–Crippen LogP) is 3.34.